The van der Waals surface area contributed by atoms with Crippen LogP contribution in [0, 0.1) is 0 Å². The highest BCUT2D eigenvalue weighted by atomic mass is 16.5. The van der Waals surface area contributed by atoms with E-state index in [0.29, 0.717) is 5.75 Å². The lowest BCUT2D eigenvalue weighted by molar-refractivity contribution is 0.0592. The highest BCUT2D eigenvalue weighted by Gasteiger charge is 2.09. The average Bonchev–Trinajstić information content (AvgIpc) is 2.49. The predicted molar refractivity (Wildman–Crippen MR) is 72.7 cm³/mol. The number of carbonyl (C=O) groups is 1. The molecule has 1 N–H and O–H groups in total. The molecule has 0 bridgehead atoms. The summed E-state index contributed by atoms with van der Waals surface area (Å²) in [5, 5.41) is 3.06. The van der Waals surface area contributed by atoms with Gasteiger partial charge in [0.15, 0.2) is 5.69 Å². The van der Waals surface area contributed by atoms with Gasteiger partial charge in [-0.05, 0) is 24.7 Å². The number of benzene rings is 1. The first kappa shape index (κ1) is 14.0. The van der Waals surface area contributed by atoms with Crippen LogP contribution in [0.1, 0.15) is 16.1 Å². The van der Waals surface area contributed by atoms with Crippen molar-refractivity contribution in [1.82, 2.24) is 15.3 Å². The van der Waals surface area contributed by atoms with E-state index in [2.05, 4.69) is 20.0 Å². The number of esters is 1. The molecule has 0 spiro atoms. The molecule has 1 aromatic carbocycles. The number of aromatic nitrogens is 2. The van der Waals surface area contributed by atoms with E-state index < -0.39 is 5.97 Å². The highest BCUT2D eigenvalue weighted by Crippen LogP contribution is 2.19. The van der Waals surface area contributed by atoms with Crippen LogP contribution in [0.3, 0.4) is 0 Å². The zero-order valence-electron chi connectivity index (χ0n) is 11.3. The van der Waals surface area contributed by atoms with E-state index in [1.54, 1.807) is 0 Å². The molecular formula is C14H15N3O3. The molecule has 0 aliphatic heterocycles. The predicted octanol–water partition coefficient (Wildman–Crippen LogP) is 1.77. The van der Waals surface area contributed by atoms with E-state index >= 15 is 0 Å². The maximum absolute atomic E-state index is 11.3. The minimum absolute atomic E-state index is 0.108. The van der Waals surface area contributed by atoms with Crippen LogP contribution in [0.5, 0.6) is 11.6 Å². The fourth-order valence-electron chi connectivity index (χ4n) is 1.60. The number of rotatable bonds is 5. The third-order valence-electron chi connectivity index (χ3n) is 2.53. The summed E-state index contributed by atoms with van der Waals surface area (Å²) in [6.45, 7) is 0.790. The normalized spacial score (nSPS) is 10.1. The lowest BCUT2D eigenvalue weighted by Crippen LogP contribution is -2.06. The minimum atomic E-state index is -0.549. The van der Waals surface area contributed by atoms with Gasteiger partial charge in [0.25, 0.3) is 0 Å². The lowest BCUT2D eigenvalue weighted by Gasteiger charge is -2.06. The van der Waals surface area contributed by atoms with Gasteiger partial charge in [0.05, 0.1) is 19.5 Å². The molecule has 2 aromatic rings. The second-order valence-corrected chi connectivity index (χ2v) is 4.01. The number of carbonyl (C=O) groups excluding carboxylic acids is 1. The van der Waals surface area contributed by atoms with Gasteiger partial charge in [-0.3, -0.25) is 4.98 Å². The summed E-state index contributed by atoms with van der Waals surface area (Å²) < 4.78 is 10.1. The van der Waals surface area contributed by atoms with Crippen molar-refractivity contribution in [3.8, 4) is 11.6 Å². The zero-order chi connectivity index (χ0) is 14.4. The van der Waals surface area contributed by atoms with Crippen LogP contribution in [-0.2, 0) is 11.3 Å². The molecule has 2 rings (SSSR count). The molecule has 1 heterocycles. The van der Waals surface area contributed by atoms with Crippen molar-refractivity contribution < 1.29 is 14.3 Å². The fourth-order valence-corrected chi connectivity index (χ4v) is 1.60. The Bertz CT molecular complexity index is 584. The molecule has 1 aromatic heterocycles. The van der Waals surface area contributed by atoms with Gasteiger partial charge in [0.2, 0.25) is 5.88 Å². The van der Waals surface area contributed by atoms with Crippen LogP contribution in [0.25, 0.3) is 0 Å². The molecular weight excluding hydrogens is 258 g/mol. The third-order valence-corrected chi connectivity index (χ3v) is 2.53. The Hall–Kier alpha value is -2.47. The van der Waals surface area contributed by atoms with Gasteiger partial charge < -0.3 is 14.8 Å². The summed E-state index contributed by atoms with van der Waals surface area (Å²) in [6.07, 6.45) is 2.77. The molecule has 0 saturated heterocycles. The summed E-state index contributed by atoms with van der Waals surface area (Å²) in [5.41, 5.74) is 1.26. The third kappa shape index (κ3) is 3.52. The second-order valence-electron chi connectivity index (χ2n) is 4.01. The number of hydrogen-bond donors (Lipinski definition) is 1. The zero-order valence-corrected chi connectivity index (χ0v) is 11.3. The molecule has 104 valence electrons. The molecule has 20 heavy (non-hydrogen) atoms. The van der Waals surface area contributed by atoms with Crippen molar-refractivity contribution in [3.63, 3.8) is 0 Å². The minimum Gasteiger partial charge on any atom is -0.464 e. The first-order chi connectivity index (χ1) is 9.72. The second kappa shape index (κ2) is 6.63. The van der Waals surface area contributed by atoms with E-state index in [-0.39, 0.29) is 11.6 Å². The SMILES string of the molecule is CNCc1ccc(Oc2cncc(C(=O)OC)n2)cc1. The van der Waals surface area contributed by atoms with E-state index in [1.165, 1.54) is 19.5 Å². The molecule has 0 aliphatic rings. The first-order valence-electron chi connectivity index (χ1n) is 6.04. The number of hydrogen-bond acceptors (Lipinski definition) is 6. The Morgan fingerprint density at radius 3 is 2.65 bits per heavy atom. The van der Waals surface area contributed by atoms with Crippen LogP contribution in [0.2, 0.25) is 0 Å². The molecule has 6 heteroatoms. The van der Waals surface area contributed by atoms with Crippen molar-refractivity contribution in [2.24, 2.45) is 0 Å². The van der Waals surface area contributed by atoms with Gasteiger partial charge >= 0.3 is 5.97 Å². The monoisotopic (exact) mass is 273 g/mol. The Morgan fingerprint density at radius 2 is 2.00 bits per heavy atom. The van der Waals surface area contributed by atoms with E-state index in [0.717, 1.165) is 12.1 Å². The Kier molecular flexibility index (Phi) is 4.62. The Morgan fingerprint density at radius 1 is 1.25 bits per heavy atom. The first-order valence-corrected chi connectivity index (χ1v) is 6.04. The quantitative estimate of drug-likeness (QED) is 0.837. The number of methoxy groups -OCH3 is 1. The van der Waals surface area contributed by atoms with Crippen molar-refractivity contribution in [1.29, 1.82) is 0 Å². The number of nitrogens with zero attached hydrogens (tertiary/aromatic N) is 2. The number of nitrogens with one attached hydrogen (secondary N) is 1. The van der Waals surface area contributed by atoms with E-state index in [1.807, 2.05) is 31.3 Å². The fraction of sp³-hybridized carbons (Fsp3) is 0.214. The summed E-state index contributed by atoms with van der Waals surface area (Å²) >= 11 is 0. The van der Waals surface area contributed by atoms with Gasteiger partial charge in [-0.25, -0.2) is 9.78 Å². The van der Waals surface area contributed by atoms with E-state index in [4.69, 9.17) is 4.74 Å². The lowest BCUT2D eigenvalue weighted by atomic mass is 10.2. The van der Waals surface area contributed by atoms with Crippen LogP contribution < -0.4 is 10.1 Å². The summed E-state index contributed by atoms with van der Waals surface area (Å²) in [7, 11) is 3.18. The van der Waals surface area contributed by atoms with Crippen molar-refractivity contribution in [3.05, 3.63) is 47.9 Å². The standard InChI is InChI=1S/C14H15N3O3/c1-15-7-10-3-5-11(6-4-10)20-13-9-16-8-12(17-13)14(18)19-2/h3-6,8-9,15H,7H2,1-2H3. The van der Waals surface area contributed by atoms with Crippen LogP contribution >= 0.6 is 0 Å². The van der Waals surface area contributed by atoms with Crippen LogP contribution in [0.15, 0.2) is 36.7 Å². The molecule has 0 saturated carbocycles. The molecule has 0 amide bonds. The highest BCUT2D eigenvalue weighted by molar-refractivity contribution is 5.86. The average molecular weight is 273 g/mol. The Labute approximate surface area is 116 Å². The van der Waals surface area contributed by atoms with Crippen molar-refractivity contribution >= 4 is 5.97 Å². The molecule has 6 nitrogen and oxygen atoms in total. The summed E-state index contributed by atoms with van der Waals surface area (Å²) in [5.74, 6) is 0.322. The largest absolute Gasteiger partial charge is 0.464 e. The molecule has 0 radical (unpaired) electrons. The summed E-state index contributed by atoms with van der Waals surface area (Å²) in [6, 6.07) is 7.56. The van der Waals surface area contributed by atoms with Gasteiger partial charge in [0.1, 0.15) is 5.75 Å². The topological polar surface area (TPSA) is 73.3 Å². The van der Waals surface area contributed by atoms with Gasteiger partial charge in [-0.1, -0.05) is 12.1 Å². The van der Waals surface area contributed by atoms with Crippen molar-refractivity contribution in [2.45, 2.75) is 6.54 Å². The maximum Gasteiger partial charge on any atom is 0.358 e. The number of ether oxygens (including phenoxy) is 2. The van der Waals surface area contributed by atoms with Crippen molar-refractivity contribution in [2.75, 3.05) is 14.2 Å². The molecule has 0 atom stereocenters. The molecule has 0 fully saturated rings. The smallest absolute Gasteiger partial charge is 0.358 e. The van der Waals surface area contributed by atoms with Gasteiger partial charge in [0, 0.05) is 6.54 Å². The Balaban J connectivity index is 2.11. The van der Waals surface area contributed by atoms with Crippen LogP contribution in [-0.4, -0.2) is 30.1 Å². The summed E-state index contributed by atoms with van der Waals surface area (Å²) in [4.78, 5) is 19.3. The maximum atomic E-state index is 11.3. The van der Waals surface area contributed by atoms with Gasteiger partial charge in [-0.15, -0.1) is 0 Å². The van der Waals surface area contributed by atoms with Gasteiger partial charge in [-0.2, -0.15) is 0 Å². The molecule has 0 unspecified atom stereocenters. The van der Waals surface area contributed by atoms with Crippen LogP contribution in [0.4, 0.5) is 0 Å². The van der Waals surface area contributed by atoms with E-state index in [9.17, 15) is 4.79 Å². The molecule has 0 aliphatic carbocycles.